The Labute approximate surface area is 259 Å². The highest BCUT2D eigenvalue weighted by Gasteiger charge is 2.46. The molecule has 4 atom stereocenters. The Hall–Kier alpha value is -3.40. The number of rotatable bonds is 9. The number of aromatic amines is 1. The summed E-state index contributed by atoms with van der Waals surface area (Å²) in [6.07, 6.45) is 0.272. The van der Waals surface area contributed by atoms with Crippen molar-refractivity contribution in [1.82, 2.24) is 24.8 Å². The van der Waals surface area contributed by atoms with E-state index in [1.165, 1.54) is 23.9 Å². The summed E-state index contributed by atoms with van der Waals surface area (Å²) in [5.41, 5.74) is 0.817. The van der Waals surface area contributed by atoms with E-state index in [1.54, 1.807) is 19.4 Å². The number of hydrogen-bond acceptors (Lipinski definition) is 8. The van der Waals surface area contributed by atoms with Crippen LogP contribution in [-0.4, -0.2) is 60.0 Å². The Bertz CT molecular complexity index is 1820. The fraction of sp³-hybridized carbons (Fsp3) is 0.345. The van der Waals surface area contributed by atoms with Crippen LogP contribution < -0.4 is 9.46 Å². The topological polar surface area (TPSA) is 117 Å². The molecule has 44 heavy (non-hydrogen) atoms. The summed E-state index contributed by atoms with van der Waals surface area (Å²) in [7, 11) is -2.35. The Morgan fingerprint density at radius 3 is 2.80 bits per heavy atom. The number of carbonyl (C=O) groups excluding carboxylic acids is 1. The summed E-state index contributed by atoms with van der Waals surface area (Å²) in [5.74, 6) is 0.561. The zero-order valence-electron chi connectivity index (χ0n) is 23.4. The van der Waals surface area contributed by atoms with Gasteiger partial charge in [-0.1, -0.05) is 17.8 Å². The van der Waals surface area contributed by atoms with Gasteiger partial charge in [-0.25, -0.2) is 13.1 Å². The van der Waals surface area contributed by atoms with Crippen molar-refractivity contribution in [2.45, 2.75) is 34.5 Å². The molecule has 5 heterocycles. The minimum atomic E-state index is -4.58. The Kier molecular flexibility index (Phi) is 8.24. The van der Waals surface area contributed by atoms with Crippen molar-refractivity contribution in [3.8, 4) is 16.3 Å². The molecule has 0 saturated carbocycles. The van der Waals surface area contributed by atoms with Crippen molar-refractivity contribution in [1.29, 1.82) is 0 Å². The van der Waals surface area contributed by atoms with E-state index in [9.17, 15) is 26.4 Å². The molecule has 9 nitrogen and oxygen atoms in total. The molecule has 232 valence electrons. The second-order valence-corrected chi connectivity index (χ2v) is 14.8. The van der Waals surface area contributed by atoms with Crippen LogP contribution in [0.4, 0.5) is 18.0 Å². The molecule has 2 aliphatic rings. The van der Waals surface area contributed by atoms with E-state index < -0.39 is 21.9 Å². The molecule has 0 unspecified atom stereocenters. The summed E-state index contributed by atoms with van der Waals surface area (Å²) in [6.45, 7) is 4.62. The van der Waals surface area contributed by atoms with Gasteiger partial charge in [0.2, 0.25) is 10.0 Å². The van der Waals surface area contributed by atoms with Crippen LogP contribution in [0.15, 0.2) is 65.5 Å². The van der Waals surface area contributed by atoms with Gasteiger partial charge < -0.3 is 9.64 Å². The minimum Gasteiger partial charge on any atom is -0.497 e. The van der Waals surface area contributed by atoms with E-state index in [4.69, 9.17) is 4.74 Å². The number of H-pyrrole nitrogens is 1. The Balaban J connectivity index is 1.17. The highest BCUT2D eigenvalue weighted by molar-refractivity contribution is 8.14. The van der Waals surface area contributed by atoms with Crippen LogP contribution in [0, 0.1) is 11.8 Å². The predicted octanol–water partition coefficient (Wildman–Crippen LogP) is 6.48. The van der Waals surface area contributed by atoms with E-state index in [2.05, 4.69) is 21.4 Å². The van der Waals surface area contributed by atoms with Crippen LogP contribution >= 0.6 is 23.1 Å². The van der Waals surface area contributed by atoms with Gasteiger partial charge in [0.05, 0.1) is 22.8 Å². The number of amides is 1. The van der Waals surface area contributed by atoms with E-state index >= 15 is 0 Å². The number of pyridine rings is 1. The van der Waals surface area contributed by atoms with Crippen LogP contribution in [0.2, 0.25) is 0 Å². The molecule has 15 heteroatoms. The fourth-order valence-corrected chi connectivity index (χ4v) is 9.60. The van der Waals surface area contributed by atoms with Crippen molar-refractivity contribution < 1.29 is 31.1 Å². The molecule has 2 aliphatic heterocycles. The molecular weight excluding hydrogens is 636 g/mol. The number of aromatic nitrogens is 3. The number of hydrogen-bond donors (Lipinski definition) is 2. The summed E-state index contributed by atoms with van der Waals surface area (Å²) in [4.78, 5) is 19.7. The van der Waals surface area contributed by atoms with Gasteiger partial charge >= 0.3 is 6.18 Å². The number of nitrogens with one attached hydrogen (secondary N) is 2. The van der Waals surface area contributed by atoms with Gasteiger partial charge in [0.25, 0.3) is 5.24 Å². The zero-order valence-corrected chi connectivity index (χ0v) is 25.8. The number of alkyl halides is 3. The number of benzene rings is 1. The first-order valence-electron chi connectivity index (χ1n) is 13.7. The lowest BCUT2D eigenvalue weighted by atomic mass is 9.79. The normalized spacial score (nSPS) is 21.4. The highest BCUT2D eigenvalue weighted by atomic mass is 32.2. The Morgan fingerprint density at radius 2 is 2.07 bits per heavy atom. The van der Waals surface area contributed by atoms with Gasteiger partial charge in [0.1, 0.15) is 21.3 Å². The first-order valence-corrected chi connectivity index (χ1v) is 16.9. The summed E-state index contributed by atoms with van der Waals surface area (Å²) >= 11 is 2.14. The maximum absolute atomic E-state index is 13.2. The molecule has 3 aromatic heterocycles. The van der Waals surface area contributed by atoms with E-state index in [-0.39, 0.29) is 44.8 Å². The predicted molar refractivity (Wildman–Crippen MR) is 163 cm³/mol. The van der Waals surface area contributed by atoms with Crippen LogP contribution in [0.1, 0.15) is 29.3 Å². The van der Waals surface area contributed by atoms with Crippen molar-refractivity contribution in [3.05, 3.63) is 72.6 Å². The van der Waals surface area contributed by atoms with Crippen LogP contribution in [0.25, 0.3) is 21.5 Å². The van der Waals surface area contributed by atoms with E-state index in [1.807, 2.05) is 34.3 Å². The number of halogens is 3. The lowest BCUT2D eigenvalue weighted by Gasteiger charge is -2.39. The van der Waals surface area contributed by atoms with Crippen molar-refractivity contribution in [3.63, 3.8) is 0 Å². The molecule has 2 fully saturated rings. The molecule has 0 aliphatic carbocycles. The van der Waals surface area contributed by atoms with Crippen molar-refractivity contribution in [2.75, 3.05) is 20.2 Å². The smallest absolute Gasteiger partial charge is 0.432 e. The Morgan fingerprint density at radius 1 is 1.25 bits per heavy atom. The lowest BCUT2D eigenvalue weighted by molar-refractivity contribution is -0.141. The highest BCUT2D eigenvalue weighted by Crippen LogP contribution is 2.50. The maximum Gasteiger partial charge on any atom is 0.432 e. The summed E-state index contributed by atoms with van der Waals surface area (Å²) in [6, 6.07) is 11.2. The molecule has 4 aromatic rings. The average molecular weight is 664 g/mol. The van der Waals surface area contributed by atoms with Gasteiger partial charge in [0, 0.05) is 30.7 Å². The molecular formula is C29H28F3N5O4S3. The number of methoxy groups -OCH3 is 1. The quantitative estimate of drug-likeness (QED) is 0.197. The molecule has 0 spiro atoms. The maximum atomic E-state index is 13.2. The summed E-state index contributed by atoms with van der Waals surface area (Å²) < 4.78 is 73.3. The molecule has 0 bridgehead atoms. The third-order valence-electron chi connectivity index (χ3n) is 8.19. The number of sulfonamides is 1. The number of thioether (sulfide) groups is 1. The molecule has 6 rings (SSSR count). The average Bonchev–Trinajstić information content (AvgIpc) is 3.76. The summed E-state index contributed by atoms with van der Waals surface area (Å²) in [5, 5.41) is 6.44. The zero-order chi connectivity index (χ0) is 31.2. The monoisotopic (exact) mass is 663 g/mol. The van der Waals surface area contributed by atoms with Gasteiger partial charge in [-0.05, 0) is 72.7 Å². The SMILES string of the molecule is C=C[C@@H](CNS(=O)(=O)c1ccc(-c2cc(C(F)(F)F)[nH]n2)s1)[C@H]1CCN2C(=O)S[C@@H](c3ccnc4ccc(OC)cc34)[C@@H]2C1. The first-order chi connectivity index (χ1) is 21.0. The molecule has 0 radical (unpaired) electrons. The number of fused-ring (bicyclic) bond motifs is 2. The standard InChI is InChI=1S/C29H28F3N5O4S3/c1-3-16(15-34-44(39,40)26-7-6-24(42-26)22-14-25(36-35-22)29(30,31)32)17-9-11-37-23(12-17)27(43-28(37)38)19-8-10-33-21-5-4-18(41-2)13-20(19)21/h3-8,10,13-14,16-17,23,27,34H,1,9,11-12,15H2,2H3,(H,35,36)/t16-,17-,23-,27-/m0/s1. The van der Waals surface area contributed by atoms with Gasteiger partial charge in [-0.3, -0.25) is 14.9 Å². The number of piperidine rings is 1. The van der Waals surface area contributed by atoms with Gasteiger partial charge in [-0.15, -0.1) is 17.9 Å². The number of carbonyl (C=O) groups is 1. The first kappa shape index (κ1) is 30.6. The molecule has 2 N–H and O–H groups in total. The minimum absolute atomic E-state index is 0.0125. The van der Waals surface area contributed by atoms with Crippen LogP contribution in [0.3, 0.4) is 0 Å². The largest absolute Gasteiger partial charge is 0.497 e. The molecule has 2 saturated heterocycles. The van der Waals surface area contributed by atoms with Gasteiger partial charge in [0.15, 0.2) is 0 Å². The third kappa shape index (κ3) is 5.85. The lowest BCUT2D eigenvalue weighted by Crippen LogP contribution is -2.44. The van der Waals surface area contributed by atoms with E-state index in [0.29, 0.717) is 30.0 Å². The third-order valence-corrected chi connectivity index (χ3v) is 12.5. The number of thiophene rings is 1. The van der Waals surface area contributed by atoms with Gasteiger partial charge in [-0.2, -0.15) is 18.3 Å². The fourth-order valence-electron chi connectivity index (χ4n) is 5.89. The second kappa shape index (κ2) is 11.8. The second-order valence-electron chi connectivity index (χ2n) is 10.7. The van der Waals surface area contributed by atoms with Crippen molar-refractivity contribution in [2.24, 2.45) is 11.8 Å². The van der Waals surface area contributed by atoms with Crippen molar-refractivity contribution >= 4 is 49.3 Å². The van der Waals surface area contributed by atoms with Crippen LogP contribution in [-0.2, 0) is 16.2 Å². The van der Waals surface area contributed by atoms with E-state index in [0.717, 1.165) is 33.9 Å². The van der Waals surface area contributed by atoms with Crippen LogP contribution in [0.5, 0.6) is 5.75 Å². The number of nitrogens with zero attached hydrogens (tertiary/aromatic N) is 3. The molecule has 1 amide bonds. The molecule has 1 aromatic carbocycles. The number of ether oxygens (including phenoxy) is 1.